The van der Waals surface area contributed by atoms with Crippen molar-refractivity contribution in [3.8, 4) is 0 Å². The molecule has 0 amide bonds. The minimum absolute atomic E-state index is 0.0204. The summed E-state index contributed by atoms with van der Waals surface area (Å²) in [5, 5.41) is 9.85. The molecule has 2 heteroatoms. The van der Waals surface area contributed by atoms with Gasteiger partial charge in [-0.05, 0) is 42.9 Å². The average Bonchev–Trinajstić information content (AvgIpc) is 2.86. The van der Waals surface area contributed by atoms with Crippen LogP contribution in [0.5, 0.6) is 0 Å². The number of aliphatic hydroxyl groups is 1. The average molecular weight is 238 g/mol. The van der Waals surface area contributed by atoms with Gasteiger partial charge in [-0.25, -0.2) is 0 Å². The van der Waals surface area contributed by atoms with Crippen molar-refractivity contribution >= 4 is 0 Å². The van der Waals surface area contributed by atoms with Crippen molar-refractivity contribution in [2.24, 2.45) is 22.7 Å². The van der Waals surface area contributed by atoms with E-state index in [2.05, 4.69) is 27.7 Å². The van der Waals surface area contributed by atoms with Gasteiger partial charge < -0.3 is 9.84 Å². The van der Waals surface area contributed by atoms with E-state index in [1.54, 1.807) is 0 Å². The van der Waals surface area contributed by atoms with Crippen molar-refractivity contribution in [1.29, 1.82) is 0 Å². The van der Waals surface area contributed by atoms with Crippen LogP contribution in [0.2, 0.25) is 0 Å². The van der Waals surface area contributed by atoms with E-state index in [0.717, 1.165) is 0 Å². The van der Waals surface area contributed by atoms with Crippen molar-refractivity contribution in [2.45, 2.75) is 65.1 Å². The standard InChI is InChI=1S/C15H26O2/c1-13(2)6-5-7-14(3)10(13)8-12-15(4,17-12)11(14)9-16/h10-12,16H,5-9H2,1-4H3/t10-,11+,12+,14+,15-/m0/s1. The topological polar surface area (TPSA) is 32.8 Å². The lowest BCUT2D eigenvalue weighted by molar-refractivity contribution is -0.0926. The van der Waals surface area contributed by atoms with Crippen LogP contribution in [0, 0.1) is 22.7 Å². The lowest BCUT2D eigenvalue weighted by atomic mass is 9.47. The van der Waals surface area contributed by atoms with Gasteiger partial charge in [0, 0.05) is 12.5 Å². The molecule has 0 radical (unpaired) electrons. The van der Waals surface area contributed by atoms with Crippen LogP contribution in [0.4, 0.5) is 0 Å². The number of ether oxygens (including phenoxy) is 1. The summed E-state index contributed by atoms with van der Waals surface area (Å²) in [7, 11) is 0. The number of fused-ring (bicyclic) bond motifs is 2. The fourth-order valence-electron chi connectivity index (χ4n) is 5.29. The van der Waals surface area contributed by atoms with Crippen LogP contribution in [-0.4, -0.2) is 23.4 Å². The molecule has 98 valence electrons. The van der Waals surface area contributed by atoms with Crippen LogP contribution < -0.4 is 0 Å². The van der Waals surface area contributed by atoms with E-state index in [1.165, 1.54) is 25.7 Å². The second-order valence-corrected chi connectivity index (χ2v) is 7.66. The highest BCUT2D eigenvalue weighted by atomic mass is 16.6. The molecule has 2 nitrogen and oxygen atoms in total. The molecule has 3 aliphatic rings. The Morgan fingerprint density at radius 1 is 1.18 bits per heavy atom. The number of epoxide rings is 1. The molecule has 0 bridgehead atoms. The molecule has 1 N–H and O–H groups in total. The van der Waals surface area contributed by atoms with Crippen molar-refractivity contribution in [3.63, 3.8) is 0 Å². The maximum Gasteiger partial charge on any atom is 0.0975 e. The first-order valence-corrected chi connectivity index (χ1v) is 7.13. The van der Waals surface area contributed by atoms with E-state index in [-0.39, 0.29) is 17.6 Å². The molecule has 0 unspecified atom stereocenters. The third-order valence-corrected chi connectivity index (χ3v) is 6.37. The molecular weight excluding hydrogens is 212 g/mol. The van der Waals surface area contributed by atoms with Gasteiger partial charge in [0.2, 0.25) is 0 Å². The van der Waals surface area contributed by atoms with Gasteiger partial charge in [0.25, 0.3) is 0 Å². The largest absolute Gasteiger partial charge is 0.396 e. The Labute approximate surface area is 105 Å². The van der Waals surface area contributed by atoms with E-state index in [1.807, 2.05) is 0 Å². The number of aliphatic hydroxyl groups excluding tert-OH is 1. The highest BCUT2D eigenvalue weighted by molar-refractivity contribution is 5.17. The van der Waals surface area contributed by atoms with E-state index in [0.29, 0.717) is 23.4 Å². The van der Waals surface area contributed by atoms with Gasteiger partial charge in [0.1, 0.15) is 0 Å². The molecule has 1 aliphatic heterocycles. The highest BCUT2D eigenvalue weighted by Gasteiger charge is 2.69. The smallest absolute Gasteiger partial charge is 0.0975 e. The molecule has 3 rings (SSSR count). The molecule has 3 fully saturated rings. The molecular formula is C15H26O2. The Balaban J connectivity index is 1.99. The maximum absolute atomic E-state index is 9.85. The Morgan fingerprint density at radius 3 is 2.53 bits per heavy atom. The van der Waals surface area contributed by atoms with Gasteiger partial charge in [-0.3, -0.25) is 0 Å². The van der Waals surface area contributed by atoms with Crippen LogP contribution in [0.15, 0.2) is 0 Å². The van der Waals surface area contributed by atoms with Crippen molar-refractivity contribution in [2.75, 3.05) is 6.61 Å². The summed E-state index contributed by atoms with van der Waals surface area (Å²) in [4.78, 5) is 0. The van der Waals surface area contributed by atoms with Gasteiger partial charge in [-0.15, -0.1) is 0 Å². The molecule has 0 spiro atoms. The molecule has 0 aromatic heterocycles. The van der Waals surface area contributed by atoms with Crippen LogP contribution >= 0.6 is 0 Å². The first-order chi connectivity index (χ1) is 7.84. The molecule has 17 heavy (non-hydrogen) atoms. The summed E-state index contributed by atoms with van der Waals surface area (Å²) < 4.78 is 5.96. The molecule has 1 heterocycles. The molecule has 0 aromatic carbocycles. The summed E-state index contributed by atoms with van der Waals surface area (Å²) in [5.74, 6) is 1.04. The second-order valence-electron chi connectivity index (χ2n) is 7.66. The van der Waals surface area contributed by atoms with Gasteiger partial charge >= 0.3 is 0 Å². The highest BCUT2D eigenvalue weighted by Crippen LogP contribution is 2.67. The Bertz CT molecular complexity index is 338. The number of hydrogen-bond donors (Lipinski definition) is 1. The van der Waals surface area contributed by atoms with Crippen LogP contribution in [0.25, 0.3) is 0 Å². The van der Waals surface area contributed by atoms with Crippen LogP contribution in [-0.2, 0) is 4.74 Å². The zero-order valence-electron chi connectivity index (χ0n) is 11.6. The zero-order chi connectivity index (χ0) is 12.5. The Hall–Kier alpha value is -0.0800. The summed E-state index contributed by atoms with van der Waals surface area (Å²) >= 11 is 0. The fourth-order valence-corrected chi connectivity index (χ4v) is 5.29. The SMILES string of the molecule is CC1(C)CCC[C@@]2(C)[C@@H](CO)[C@]3(C)O[C@@H]3C[C@@H]12. The maximum atomic E-state index is 9.85. The molecule has 2 saturated carbocycles. The summed E-state index contributed by atoms with van der Waals surface area (Å²) in [6, 6.07) is 0. The molecule has 2 aliphatic carbocycles. The van der Waals surface area contributed by atoms with Gasteiger partial charge in [-0.2, -0.15) is 0 Å². The zero-order valence-corrected chi connectivity index (χ0v) is 11.6. The first-order valence-electron chi connectivity index (χ1n) is 7.13. The van der Waals surface area contributed by atoms with Crippen molar-refractivity contribution < 1.29 is 9.84 Å². The lowest BCUT2D eigenvalue weighted by Crippen LogP contribution is -2.55. The minimum Gasteiger partial charge on any atom is -0.396 e. The monoisotopic (exact) mass is 238 g/mol. The summed E-state index contributed by atoms with van der Waals surface area (Å²) in [6.07, 6.45) is 5.51. The van der Waals surface area contributed by atoms with E-state index >= 15 is 0 Å². The quantitative estimate of drug-likeness (QED) is 0.712. The molecule has 0 aromatic rings. The van der Waals surface area contributed by atoms with Gasteiger partial charge in [-0.1, -0.05) is 27.2 Å². The predicted molar refractivity (Wildman–Crippen MR) is 67.7 cm³/mol. The Kier molecular flexibility index (Phi) is 2.30. The van der Waals surface area contributed by atoms with Crippen LogP contribution in [0.1, 0.15) is 53.4 Å². The van der Waals surface area contributed by atoms with E-state index in [9.17, 15) is 5.11 Å². The van der Waals surface area contributed by atoms with E-state index in [4.69, 9.17) is 4.74 Å². The fraction of sp³-hybridized carbons (Fsp3) is 1.00. The molecule has 5 atom stereocenters. The van der Waals surface area contributed by atoms with Gasteiger partial charge in [0.05, 0.1) is 11.7 Å². The minimum atomic E-state index is -0.0204. The summed E-state index contributed by atoms with van der Waals surface area (Å²) in [5.41, 5.74) is 0.666. The second kappa shape index (κ2) is 3.27. The third-order valence-electron chi connectivity index (χ3n) is 6.37. The van der Waals surface area contributed by atoms with Gasteiger partial charge in [0.15, 0.2) is 0 Å². The Morgan fingerprint density at radius 2 is 1.88 bits per heavy atom. The third kappa shape index (κ3) is 1.40. The number of rotatable bonds is 1. The normalized spacial score (nSPS) is 55.9. The predicted octanol–water partition coefficient (Wildman–Crippen LogP) is 2.99. The van der Waals surface area contributed by atoms with Crippen molar-refractivity contribution in [1.82, 2.24) is 0 Å². The summed E-state index contributed by atoms with van der Waals surface area (Å²) in [6.45, 7) is 9.73. The van der Waals surface area contributed by atoms with Crippen LogP contribution in [0.3, 0.4) is 0 Å². The van der Waals surface area contributed by atoms with Crippen molar-refractivity contribution in [3.05, 3.63) is 0 Å². The number of hydrogen-bond acceptors (Lipinski definition) is 2. The lowest BCUT2D eigenvalue weighted by Gasteiger charge is -2.57. The first kappa shape index (κ1) is 12.0. The van der Waals surface area contributed by atoms with E-state index < -0.39 is 0 Å². The molecule has 1 saturated heterocycles.